The van der Waals surface area contributed by atoms with E-state index in [2.05, 4.69) is 16.7 Å². The molecule has 2 heterocycles. The standard InChI is InChI=1S/C22H35N5O6/c1-21(2,3)32-19(30)24-12-17(28)25-14-10-16(18(29)26-9-7-8-15(26)11-23)27(13-14)20(31)33-22(4,5)6/h14-16H,7-10,12-13H2,1-6H3,(H,24,30)(H,25,28)/t14-,15-,16-/m0/s1. The van der Waals surface area contributed by atoms with Gasteiger partial charge in [0, 0.05) is 19.1 Å². The second-order valence-corrected chi connectivity index (χ2v) is 10.3. The number of likely N-dealkylation sites (tertiary alicyclic amines) is 2. The molecule has 2 rings (SSSR count). The number of ether oxygens (including phenoxy) is 2. The molecule has 11 nitrogen and oxygen atoms in total. The molecule has 4 amide bonds. The van der Waals surface area contributed by atoms with Gasteiger partial charge in [-0.25, -0.2) is 9.59 Å². The maximum Gasteiger partial charge on any atom is 0.411 e. The molecule has 2 saturated heterocycles. The van der Waals surface area contributed by atoms with Crippen LogP contribution >= 0.6 is 0 Å². The number of hydrogen-bond donors (Lipinski definition) is 2. The van der Waals surface area contributed by atoms with Crippen molar-refractivity contribution < 1.29 is 28.7 Å². The molecule has 0 aromatic carbocycles. The van der Waals surface area contributed by atoms with Gasteiger partial charge >= 0.3 is 12.2 Å². The number of amides is 4. The number of rotatable bonds is 4. The van der Waals surface area contributed by atoms with Gasteiger partial charge < -0.3 is 25.0 Å². The number of carbonyl (C=O) groups excluding carboxylic acids is 4. The summed E-state index contributed by atoms with van der Waals surface area (Å²) in [7, 11) is 0. The van der Waals surface area contributed by atoms with Gasteiger partial charge in [0.05, 0.1) is 6.07 Å². The molecule has 11 heteroatoms. The van der Waals surface area contributed by atoms with E-state index in [0.717, 1.165) is 6.42 Å². The second kappa shape index (κ2) is 10.3. The predicted molar refractivity (Wildman–Crippen MR) is 118 cm³/mol. The zero-order valence-corrected chi connectivity index (χ0v) is 20.3. The monoisotopic (exact) mass is 465 g/mol. The van der Waals surface area contributed by atoms with Crippen molar-refractivity contribution in [2.45, 2.75) is 90.1 Å². The molecule has 2 fully saturated rings. The van der Waals surface area contributed by atoms with E-state index in [4.69, 9.17) is 9.47 Å². The van der Waals surface area contributed by atoms with E-state index in [1.807, 2.05) is 0 Å². The SMILES string of the molecule is CC(C)(C)OC(=O)NCC(=O)N[C@H]1C[C@@H](C(=O)N2CCC[C@H]2C#N)N(C(=O)OC(C)(C)C)C1. The number of nitrogens with one attached hydrogen (secondary N) is 2. The molecular formula is C22H35N5O6. The first-order valence-electron chi connectivity index (χ1n) is 11.2. The highest BCUT2D eigenvalue weighted by Crippen LogP contribution is 2.26. The largest absolute Gasteiger partial charge is 0.444 e. The Hall–Kier alpha value is -3.03. The number of alkyl carbamates (subject to hydrolysis) is 1. The zero-order valence-electron chi connectivity index (χ0n) is 20.3. The van der Waals surface area contributed by atoms with Crippen molar-refractivity contribution in [1.82, 2.24) is 20.4 Å². The summed E-state index contributed by atoms with van der Waals surface area (Å²) in [6, 6.07) is 0.252. The van der Waals surface area contributed by atoms with Crippen molar-refractivity contribution in [2.24, 2.45) is 0 Å². The summed E-state index contributed by atoms with van der Waals surface area (Å²) >= 11 is 0. The van der Waals surface area contributed by atoms with Crippen molar-refractivity contribution in [3.8, 4) is 6.07 Å². The van der Waals surface area contributed by atoms with Crippen molar-refractivity contribution in [3.63, 3.8) is 0 Å². The van der Waals surface area contributed by atoms with Gasteiger partial charge in [-0.2, -0.15) is 5.26 Å². The predicted octanol–water partition coefficient (Wildman–Crippen LogP) is 1.52. The zero-order chi connectivity index (χ0) is 25.0. The highest BCUT2D eigenvalue weighted by Gasteiger charge is 2.45. The van der Waals surface area contributed by atoms with E-state index in [1.54, 1.807) is 41.5 Å². The molecule has 3 atom stereocenters. The third-order valence-electron chi connectivity index (χ3n) is 5.06. The number of nitrogens with zero attached hydrogens (tertiary/aromatic N) is 3. The first-order valence-corrected chi connectivity index (χ1v) is 11.2. The molecule has 2 aliphatic rings. The van der Waals surface area contributed by atoms with Crippen molar-refractivity contribution in [1.29, 1.82) is 5.26 Å². The Morgan fingerprint density at radius 2 is 1.67 bits per heavy atom. The fraction of sp³-hybridized carbons (Fsp3) is 0.773. The molecule has 0 aliphatic carbocycles. The lowest BCUT2D eigenvalue weighted by Crippen LogP contribution is -2.50. The lowest BCUT2D eigenvalue weighted by atomic mass is 10.1. The smallest absolute Gasteiger partial charge is 0.411 e. The van der Waals surface area contributed by atoms with Crippen molar-refractivity contribution in [2.75, 3.05) is 19.6 Å². The molecule has 0 unspecified atom stereocenters. The van der Waals surface area contributed by atoms with Gasteiger partial charge in [-0.3, -0.25) is 14.5 Å². The highest BCUT2D eigenvalue weighted by atomic mass is 16.6. The van der Waals surface area contributed by atoms with Gasteiger partial charge in [0.25, 0.3) is 0 Å². The molecule has 33 heavy (non-hydrogen) atoms. The fourth-order valence-electron chi connectivity index (χ4n) is 3.80. The van der Waals surface area contributed by atoms with E-state index < -0.39 is 47.4 Å². The van der Waals surface area contributed by atoms with Crippen LogP contribution in [0.2, 0.25) is 0 Å². The minimum absolute atomic E-state index is 0.0779. The maximum absolute atomic E-state index is 13.2. The van der Waals surface area contributed by atoms with E-state index >= 15 is 0 Å². The molecule has 2 N–H and O–H groups in total. The Kier molecular flexibility index (Phi) is 8.16. The summed E-state index contributed by atoms with van der Waals surface area (Å²) in [6.45, 7) is 10.5. The molecule has 0 spiro atoms. The van der Waals surface area contributed by atoms with Crippen LogP contribution in [0.4, 0.5) is 9.59 Å². The quantitative estimate of drug-likeness (QED) is 0.641. The van der Waals surface area contributed by atoms with Crippen LogP contribution in [-0.4, -0.2) is 82.8 Å². The average Bonchev–Trinajstić information content (AvgIpc) is 3.30. The summed E-state index contributed by atoms with van der Waals surface area (Å²) in [6.07, 6.45) is 0.129. The van der Waals surface area contributed by atoms with Gasteiger partial charge in [0.1, 0.15) is 29.8 Å². The molecule has 0 bridgehead atoms. The maximum atomic E-state index is 13.2. The van der Waals surface area contributed by atoms with Gasteiger partial charge in [-0.1, -0.05) is 0 Å². The number of hydrogen-bond acceptors (Lipinski definition) is 7. The Morgan fingerprint density at radius 1 is 1.03 bits per heavy atom. The van der Waals surface area contributed by atoms with Gasteiger partial charge in [-0.15, -0.1) is 0 Å². The fourth-order valence-corrected chi connectivity index (χ4v) is 3.80. The van der Waals surface area contributed by atoms with Gasteiger partial charge in [0.2, 0.25) is 11.8 Å². The lowest BCUT2D eigenvalue weighted by molar-refractivity contribution is -0.136. The molecule has 2 aliphatic heterocycles. The van der Waals surface area contributed by atoms with Crippen LogP contribution in [0.15, 0.2) is 0 Å². The summed E-state index contributed by atoms with van der Waals surface area (Å²) < 4.78 is 10.6. The van der Waals surface area contributed by atoms with Crippen LogP contribution in [0.5, 0.6) is 0 Å². The van der Waals surface area contributed by atoms with Crippen LogP contribution in [0.1, 0.15) is 60.8 Å². The molecule has 0 saturated carbocycles. The first kappa shape index (κ1) is 26.2. The van der Waals surface area contributed by atoms with Crippen molar-refractivity contribution >= 4 is 24.0 Å². The van der Waals surface area contributed by atoms with Crippen LogP contribution < -0.4 is 10.6 Å². The molecule has 0 aromatic heterocycles. The number of nitriles is 1. The van der Waals surface area contributed by atoms with Gasteiger partial charge in [0.15, 0.2) is 0 Å². The van der Waals surface area contributed by atoms with Crippen LogP contribution in [-0.2, 0) is 19.1 Å². The number of carbonyl (C=O) groups is 4. The third kappa shape index (κ3) is 7.80. The van der Waals surface area contributed by atoms with Crippen molar-refractivity contribution in [3.05, 3.63) is 0 Å². The van der Waals surface area contributed by atoms with Crippen LogP contribution in [0.25, 0.3) is 0 Å². The highest BCUT2D eigenvalue weighted by molar-refractivity contribution is 5.88. The third-order valence-corrected chi connectivity index (χ3v) is 5.06. The normalized spacial score (nSPS) is 23.0. The lowest BCUT2D eigenvalue weighted by Gasteiger charge is -2.30. The van der Waals surface area contributed by atoms with E-state index in [-0.39, 0.29) is 25.4 Å². The first-order chi connectivity index (χ1) is 15.2. The van der Waals surface area contributed by atoms with E-state index in [1.165, 1.54) is 9.80 Å². The minimum Gasteiger partial charge on any atom is -0.444 e. The van der Waals surface area contributed by atoms with E-state index in [9.17, 15) is 24.4 Å². The molecule has 0 aromatic rings. The molecule has 0 radical (unpaired) electrons. The summed E-state index contributed by atoms with van der Waals surface area (Å²) in [5, 5.41) is 14.5. The molecular weight excluding hydrogens is 430 g/mol. The van der Waals surface area contributed by atoms with E-state index in [0.29, 0.717) is 13.0 Å². The Bertz CT molecular complexity index is 810. The summed E-state index contributed by atoms with van der Waals surface area (Å²) in [4.78, 5) is 52.9. The van der Waals surface area contributed by atoms with Gasteiger partial charge in [-0.05, 0) is 60.8 Å². The average molecular weight is 466 g/mol. The Balaban J connectivity index is 2.05. The Morgan fingerprint density at radius 3 is 2.24 bits per heavy atom. The van der Waals surface area contributed by atoms with Crippen LogP contribution in [0.3, 0.4) is 0 Å². The second-order valence-electron chi connectivity index (χ2n) is 10.3. The summed E-state index contributed by atoms with van der Waals surface area (Å²) in [5.41, 5.74) is -1.45. The minimum atomic E-state index is -0.849. The summed E-state index contributed by atoms with van der Waals surface area (Å²) in [5.74, 6) is -0.798. The van der Waals surface area contributed by atoms with Crippen LogP contribution in [0, 0.1) is 11.3 Å². The Labute approximate surface area is 194 Å². The topological polar surface area (TPSA) is 141 Å². The molecule has 184 valence electrons.